The molecule has 0 unspecified atom stereocenters. The standard InChI is InChI=1S/C21H24N2O3/c1-14-6-5-7-17(12-14)21(25)22-10-11-23(20(24)16(22)3)18-13-15(2)8-9-19(18)26-4/h5-9,12-13,16H,10-11H2,1-4H3/t16-/m1/s1. The van der Waals surface area contributed by atoms with Crippen LogP contribution in [0.15, 0.2) is 42.5 Å². The first-order chi connectivity index (χ1) is 12.4. The molecule has 0 aromatic heterocycles. The Kier molecular flexibility index (Phi) is 4.98. The molecule has 1 heterocycles. The normalized spacial score (nSPS) is 17.4. The number of rotatable bonds is 3. The van der Waals surface area contributed by atoms with Crippen LogP contribution in [-0.2, 0) is 4.79 Å². The summed E-state index contributed by atoms with van der Waals surface area (Å²) in [5.41, 5.74) is 3.45. The van der Waals surface area contributed by atoms with Crippen molar-refractivity contribution in [3.8, 4) is 5.75 Å². The van der Waals surface area contributed by atoms with Crippen LogP contribution in [0.4, 0.5) is 5.69 Å². The zero-order valence-electron chi connectivity index (χ0n) is 15.7. The Morgan fingerprint density at radius 1 is 1.08 bits per heavy atom. The van der Waals surface area contributed by atoms with Crippen LogP contribution >= 0.6 is 0 Å². The van der Waals surface area contributed by atoms with E-state index in [0.29, 0.717) is 24.4 Å². The molecule has 136 valence electrons. The maximum Gasteiger partial charge on any atom is 0.254 e. The van der Waals surface area contributed by atoms with E-state index in [-0.39, 0.29) is 11.8 Å². The van der Waals surface area contributed by atoms with Gasteiger partial charge in [-0.2, -0.15) is 0 Å². The van der Waals surface area contributed by atoms with Gasteiger partial charge in [0.2, 0.25) is 5.91 Å². The van der Waals surface area contributed by atoms with Gasteiger partial charge in [0, 0.05) is 18.7 Å². The molecule has 26 heavy (non-hydrogen) atoms. The number of aryl methyl sites for hydroxylation is 2. The number of methoxy groups -OCH3 is 1. The van der Waals surface area contributed by atoms with E-state index < -0.39 is 6.04 Å². The van der Waals surface area contributed by atoms with Gasteiger partial charge in [0.1, 0.15) is 11.8 Å². The minimum absolute atomic E-state index is 0.0962. The fourth-order valence-electron chi connectivity index (χ4n) is 3.34. The monoisotopic (exact) mass is 352 g/mol. The molecule has 2 aromatic rings. The van der Waals surface area contributed by atoms with E-state index in [1.165, 1.54) is 0 Å². The van der Waals surface area contributed by atoms with Crippen LogP contribution in [0.1, 0.15) is 28.4 Å². The van der Waals surface area contributed by atoms with E-state index in [9.17, 15) is 9.59 Å². The number of ether oxygens (including phenoxy) is 1. The number of anilines is 1. The average Bonchev–Trinajstić information content (AvgIpc) is 2.63. The summed E-state index contributed by atoms with van der Waals surface area (Å²) < 4.78 is 5.42. The second-order valence-electron chi connectivity index (χ2n) is 6.71. The van der Waals surface area contributed by atoms with E-state index in [2.05, 4.69) is 0 Å². The summed E-state index contributed by atoms with van der Waals surface area (Å²) >= 11 is 0. The quantitative estimate of drug-likeness (QED) is 0.852. The highest BCUT2D eigenvalue weighted by Crippen LogP contribution is 2.31. The topological polar surface area (TPSA) is 49.9 Å². The number of hydrogen-bond donors (Lipinski definition) is 0. The predicted octanol–water partition coefficient (Wildman–Crippen LogP) is 3.19. The van der Waals surface area contributed by atoms with Gasteiger partial charge in [-0.15, -0.1) is 0 Å². The van der Waals surface area contributed by atoms with Gasteiger partial charge in [0.15, 0.2) is 0 Å². The molecule has 5 heteroatoms. The first-order valence-corrected chi connectivity index (χ1v) is 8.76. The van der Waals surface area contributed by atoms with Gasteiger partial charge in [-0.05, 0) is 50.6 Å². The lowest BCUT2D eigenvalue weighted by molar-refractivity contribution is -0.124. The van der Waals surface area contributed by atoms with Crippen LogP contribution in [0.3, 0.4) is 0 Å². The lowest BCUT2D eigenvalue weighted by Crippen LogP contribution is -2.57. The highest BCUT2D eigenvalue weighted by atomic mass is 16.5. The Hall–Kier alpha value is -2.82. The van der Waals surface area contributed by atoms with E-state index in [4.69, 9.17) is 4.74 Å². The molecule has 0 aliphatic carbocycles. The SMILES string of the molecule is COc1ccc(C)cc1N1CCN(C(=O)c2cccc(C)c2)[C@H](C)C1=O. The molecule has 1 aliphatic rings. The number of carbonyl (C=O) groups is 2. The smallest absolute Gasteiger partial charge is 0.254 e. The first-order valence-electron chi connectivity index (χ1n) is 8.76. The Morgan fingerprint density at radius 2 is 1.81 bits per heavy atom. The summed E-state index contributed by atoms with van der Waals surface area (Å²) in [7, 11) is 1.60. The van der Waals surface area contributed by atoms with E-state index >= 15 is 0 Å². The second-order valence-corrected chi connectivity index (χ2v) is 6.71. The molecule has 0 N–H and O–H groups in total. The first kappa shape index (κ1) is 18.0. The number of benzene rings is 2. The molecule has 2 aromatic carbocycles. The van der Waals surface area contributed by atoms with E-state index in [1.54, 1.807) is 29.9 Å². The van der Waals surface area contributed by atoms with Gasteiger partial charge < -0.3 is 14.5 Å². The highest BCUT2D eigenvalue weighted by Gasteiger charge is 2.36. The van der Waals surface area contributed by atoms with Crippen LogP contribution < -0.4 is 9.64 Å². The Labute approximate surface area is 154 Å². The molecule has 1 fully saturated rings. The zero-order valence-corrected chi connectivity index (χ0v) is 15.7. The van der Waals surface area contributed by atoms with Gasteiger partial charge in [0.25, 0.3) is 5.91 Å². The highest BCUT2D eigenvalue weighted by molar-refractivity contribution is 6.04. The van der Waals surface area contributed by atoms with Crippen LogP contribution in [0, 0.1) is 13.8 Å². The Balaban J connectivity index is 1.85. The van der Waals surface area contributed by atoms with Gasteiger partial charge in [-0.1, -0.05) is 23.8 Å². The fourth-order valence-corrected chi connectivity index (χ4v) is 3.34. The molecule has 5 nitrogen and oxygen atoms in total. The summed E-state index contributed by atoms with van der Waals surface area (Å²) in [6, 6.07) is 12.7. The molecule has 3 rings (SSSR count). The van der Waals surface area contributed by atoms with Crippen molar-refractivity contribution in [2.45, 2.75) is 26.8 Å². The maximum absolute atomic E-state index is 13.0. The molecule has 0 spiro atoms. The third kappa shape index (κ3) is 3.29. The van der Waals surface area contributed by atoms with E-state index in [0.717, 1.165) is 16.8 Å². The number of nitrogens with zero attached hydrogens (tertiary/aromatic N) is 2. The van der Waals surface area contributed by atoms with Crippen LogP contribution in [-0.4, -0.2) is 43.0 Å². The fraction of sp³-hybridized carbons (Fsp3) is 0.333. The molecule has 0 radical (unpaired) electrons. The largest absolute Gasteiger partial charge is 0.495 e. The van der Waals surface area contributed by atoms with Crippen molar-refractivity contribution in [2.24, 2.45) is 0 Å². The number of amides is 2. The molecular formula is C21H24N2O3. The number of hydrogen-bond acceptors (Lipinski definition) is 3. The lowest BCUT2D eigenvalue weighted by Gasteiger charge is -2.39. The van der Waals surface area contributed by atoms with Gasteiger partial charge in [0.05, 0.1) is 12.8 Å². The summed E-state index contributed by atoms with van der Waals surface area (Å²) in [6.07, 6.45) is 0. The van der Waals surface area contributed by atoms with Crippen molar-refractivity contribution >= 4 is 17.5 Å². The molecule has 2 amide bonds. The molecule has 0 bridgehead atoms. The van der Waals surface area contributed by atoms with Crippen molar-refractivity contribution < 1.29 is 14.3 Å². The second kappa shape index (κ2) is 7.20. The van der Waals surface area contributed by atoms with Crippen molar-refractivity contribution in [3.05, 3.63) is 59.2 Å². The third-order valence-electron chi connectivity index (χ3n) is 4.81. The van der Waals surface area contributed by atoms with E-state index in [1.807, 2.05) is 50.2 Å². The molecule has 1 atom stereocenters. The summed E-state index contributed by atoms with van der Waals surface area (Å²) in [4.78, 5) is 29.2. The molecule has 1 aliphatic heterocycles. The summed E-state index contributed by atoms with van der Waals surface area (Å²) in [5, 5.41) is 0. The maximum atomic E-state index is 13.0. The van der Waals surface area contributed by atoms with Crippen LogP contribution in [0.25, 0.3) is 0 Å². The van der Waals surface area contributed by atoms with Crippen molar-refractivity contribution in [2.75, 3.05) is 25.1 Å². The van der Waals surface area contributed by atoms with Crippen LogP contribution in [0.5, 0.6) is 5.75 Å². The van der Waals surface area contributed by atoms with Crippen molar-refractivity contribution in [1.29, 1.82) is 0 Å². The third-order valence-corrected chi connectivity index (χ3v) is 4.81. The average molecular weight is 352 g/mol. The van der Waals surface area contributed by atoms with Crippen LogP contribution in [0.2, 0.25) is 0 Å². The summed E-state index contributed by atoms with van der Waals surface area (Å²) in [6.45, 7) is 6.64. The molecule has 0 saturated carbocycles. The van der Waals surface area contributed by atoms with Gasteiger partial charge >= 0.3 is 0 Å². The van der Waals surface area contributed by atoms with Crippen molar-refractivity contribution in [3.63, 3.8) is 0 Å². The van der Waals surface area contributed by atoms with Gasteiger partial charge in [-0.25, -0.2) is 0 Å². The number of piperazine rings is 1. The zero-order chi connectivity index (χ0) is 18.8. The molecule has 1 saturated heterocycles. The van der Waals surface area contributed by atoms with Gasteiger partial charge in [-0.3, -0.25) is 9.59 Å². The Bertz CT molecular complexity index is 847. The number of carbonyl (C=O) groups excluding carboxylic acids is 2. The molecular weight excluding hydrogens is 328 g/mol. The minimum Gasteiger partial charge on any atom is -0.495 e. The Morgan fingerprint density at radius 3 is 2.50 bits per heavy atom. The lowest BCUT2D eigenvalue weighted by atomic mass is 10.1. The predicted molar refractivity (Wildman–Crippen MR) is 102 cm³/mol. The van der Waals surface area contributed by atoms with Crippen molar-refractivity contribution in [1.82, 2.24) is 4.90 Å². The summed E-state index contributed by atoms with van der Waals surface area (Å²) in [5.74, 6) is 0.459. The minimum atomic E-state index is -0.526.